The fourth-order valence-electron chi connectivity index (χ4n) is 1.16. The Morgan fingerprint density at radius 3 is 2.57 bits per heavy atom. The summed E-state index contributed by atoms with van der Waals surface area (Å²) in [5.74, 6) is 0. The average molecular weight is 220 g/mol. The van der Waals surface area contributed by atoms with Crippen LogP contribution in [0.5, 0.6) is 0 Å². The Kier molecular flexibility index (Phi) is 2.58. The van der Waals surface area contributed by atoms with Gasteiger partial charge in [0.05, 0.1) is 6.20 Å². The first-order valence-corrected chi connectivity index (χ1v) is 5.08. The summed E-state index contributed by atoms with van der Waals surface area (Å²) >= 11 is 0. The molecule has 1 rings (SSSR count). The third kappa shape index (κ3) is 1.91. The van der Waals surface area contributed by atoms with Crippen LogP contribution in [0.15, 0.2) is 23.9 Å². The summed E-state index contributed by atoms with van der Waals surface area (Å²) in [7, 11) is -4.50. The molecule has 0 aromatic rings. The van der Waals surface area contributed by atoms with Crippen molar-refractivity contribution in [3.05, 3.63) is 34.0 Å². The Labute approximate surface area is 80.2 Å². The van der Waals surface area contributed by atoms with Crippen LogP contribution >= 0.6 is 0 Å². The van der Waals surface area contributed by atoms with E-state index < -0.39 is 20.5 Å². The summed E-state index contributed by atoms with van der Waals surface area (Å²) in [4.78, 5) is 10.4. The predicted molar refractivity (Wildman–Crippen MR) is 47.1 cm³/mol. The smallest absolute Gasteiger partial charge is 0.284 e. The van der Waals surface area contributed by atoms with Crippen molar-refractivity contribution >= 4 is 10.1 Å². The van der Waals surface area contributed by atoms with E-state index in [0.717, 1.165) is 6.20 Å². The van der Waals surface area contributed by atoms with E-state index in [1.165, 1.54) is 19.1 Å². The van der Waals surface area contributed by atoms with Crippen molar-refractivity contribution in [3.8, 4) is 0 Å². The molecule has 1 heterocycles. The molecule has 0 saturated heterocycles. The van der Waals surface area contributed by atoms with Crippen molar-refractivity contribution in [2.45, 2.75) is 12.3 Å². The van der Waals surface area contributed by atoms with Gasteiger partial charge in [0.2, 0.25) is 5.37 Å². The minimum absolute atomic E-state index is 0.187. The molecule has 7 nitrogen and oxygen atoms in total. The van der Waals surface area contributed by atoms with Gasteiger partial charge in [0.15, 0.2) is 5.03 Å². The maximum atomic E-state index is 10.8. The van der Waals surface area contributed by atoms with Gasteiger partial charge >= 0.3 is 0 Å². The zero-order chi connectivity index (χ0) is 10.9. The monoisotopic (exact) mass is 220 g/mol. The molecule has 1 unspecified atom stereocenters. The van der Waals surface area contributed by atoms with Crippen molar-refractivity contribution in [1.82, 2.24) is 5.01 Å². The fraction of sp³-hybridized carbons (Fsp3) is 0.333. The van der Waals surface area contributed by atoms with E-state index in [1.54, 1.807) is 0 Å². The van der Waals surface area contributed by atoms with Crippen LogP contribution < -0.4 is 0 Å². The third-order valence-electron chi connectivity index (χ3n) is 1.70. The number of hydrazine groups is 1. The van der Waals surface area contributed by atoms with Crippen LogP contribution in [0.2, 0.25) is 0 Å². The summed E-state index contributed by atoms with van der Waals surface area (Å²) < 4.78 is 30.5. The maximum Gasteiger partial charge on any atom is 0.296 e. The minimum atomic E-state index is -4.50. The van der Waals surface area contributed by atoms with E-state index in [2.05, 4.69) is 0 Å². The highest BCUT2D eigenvalue weighted by atomic mass is 32.2. The highest BCUT2D eigenvalue weighted by molar-refractivity contribution is 7.86. The van der Waals surface area contributed by atoms with Crippen LogP contribution in [-0.2, 0) is 10.1 Å². The van der Waals surface area contributed by atoms with Crippen molar-refractivity contribution in [2.75, 3.05) is 0 Å². The first kappa shape index (κ1) is 10.7. The quantitative estimate of drug-likeness (QED) is 0.404. The average Bonchev–Trinajstić information content (AvgIpc) is 2.01. The van der Waals surface area contributed by atoms with Gasteiger partial charge in [-0.05, 0) is 18.6 Å². The van der Waals surface area contributed by atoms with Gasteiger partial charge in [-0.3, -0.25) is 4.55 Å². The van der Waals surface area contributed by atoms with E-state index in [9.17, 15) is 18.5 Å². The van der Waals surface area contributed by atoms with Crippen LogP contribution in [0.3, 0.4) is 0 Å². The van der Waals surface area contributed by atoms with Gasteiger partial charge in [-0.1, -0.05) is 11.1 Å². The highest BCUT2D eigenvalue weighted by Gasteiger charge is 2.38. The standard InChI is InChI=1S/C6H8N2O5S/c1-5-3-2-4-7(8(9)10)6(5)14(11,12)13/h2-4,6H,1H3,(H,11,12,13). The Morgan fingerprint density at radius 1 is 1.64 bits per heavy atom. The van der Waals surface area contributed by atoms with Crippen molar-refractivity contribution in [3.63, 3.8) is 0 Å². The number of hydrogen-bond acceptors (Lipinski definition) is 4. The highest BCUT2D eigenvalue weighted by Crippen LogP contribution is 2.20. The molecule has 0 spiro atoms. The number of rotatable bonds is 2. The second kappa shape index (κ2) is 3.39. The third-order valence-corrected chi connectivity index (χ3v) is 2.85. The molecule has 0 aliphatic carbocycles. The molecule has 0 aromatic carbocycles. The first-order chi connectivity index (χ1) is 6.34. The second-order valence-electron chi connectivity index (χ2n) is 2.74. The largest absolute Gasteiger partial charge is 0.296 e. The van der Waals surface area contributed by atoms with E-state index in [0.29, 0.717) is 5.01 Å². The van der Waals surface area contributed by atoms with Crippen LogP contribution in [-0.4, -0.2) is 28.4 Å². The molecule has 14 heavy (non-hydrogen) atoms. The molecule has 78 valence electrons. The van der Waals surface area contributed by atoms with E-state index in [4.69, 9.17) is 4.55 Å². The Morgan fingerprint density at radius 2 is 2.21 bits per heavy atom. The van der Waals surface area contributed by atoms with Crippen LogP contribution in [0.1, 0.15) is 6.92 Å². The summed E-state index contributed by atoms with van der Waals surface area (Å²) in [6.45, 7) is 1.39. The molecule has 0 aromatic heterocycles. The molecule has 8 heteroatoms. The van der Waals surface area contributed by atoms with Crippen LogP contribution in [0, 0.1) is 10.1 Å². The Hall–Kier alpha value is -1.41. The van der Waals surface area contributed by atoms with E-state index in [-0.39, 0.29) is 5.57 Å². The molecule has 0 bridgehead atoms. The zero-order valence-electron chi connectivity index (χ0n) is 7.19. The van der Waals surface area contributed by atoms with Gasteiger partial charge in [0, 0.05) is 0 Å². The Bertz CT molecular complexity index is 410. The molecule has 0 radical (unpaired) electrons. The molecule has 1 aliphatic rings. The van der Waals surface area contributed by atoms with Gasteiger partial charge in [-0.15, -0.1) is 0 Å². The van der Waals surface area contributed by atoms with Gasteiger partial charge in [0.1, 0.15) is 0 Å². The van der Waals surface area contributed by atoms with Crippen LogP contribution in [0.25, 0.3) is 0 Å². The lowest BCUT2D eigenvalue weighted by Crippen LogP contribution is -2.42. The lowest BCUT2D eigenvalue weighted by Gasteiger charge is -2.21. The first-order valence-electron chi connectivity index (χ1n) is 3.58. The predicted octanol–water partition coefficient (Wildman–Crippen LogP) is 0.168. The number of allylic oxidation sites excluding steroid dienone is 2. The second-order valence-corrected chi connectivity index (χ2v) is 4.21. The molecular weight excluding hydrogens is 212 g/mol. The minimum Gasteiger partial charge on any atom is -0.284 e. The molecule has 1 aliphatic heterocycles. The normalized spacial score (nSPS) is 22.0. The summed E-state index contributed by atoms with van der Waals surface area (Å²) in [6, 6.07) is 0. The number of nitrogens with zero attached hydrogens (tertiary/aromatic N) is 2. The lowest BCUT2D eigenvalue weighted by molar-refractivity contribution is -0.641. The number of nitro groups is 1. The topological polar surface area (TPSA) is 101 Å². The van der Waals surface area contributed by atoms with Crippen molar-refractivity contribution in [1.29, 1.82) is 0 Å². The van der Waals surface area contributed by atoms with Crippen molar-refractivity contribution < 1.29 is 18.0 Å². The molecule has 0 saturated carbocycles. The Balaban J connectivity index is 3.17. The van der Waals surface area contributed by atoms with Gasteiger partial charge < -0.3 is 0 Å². The molecule has 0 amide bonds. The van der Waals surface area contributed by atoms with E-state index >= 15 is 0 Å². The van der Waals surface area contributed by atoms with Crippen molar-refractivity contribution in [2.24, 2.45) is 0 Å². The van der Waals surface area contributed by atoms with Gasteiger partial charge in [0.25, 0.3) is 10.1 Å². The lowest BCUT2D eigenvalue weighted by atomic mass is 10.2. The number of hydrogen-bond donors (Lipinski definition) is 1. The zero-order valence-corrected chi connectivity index (χ0v) is 8.01. The summed E-state index contributed by atoms with van der Waals surface area (Å²) in [5.41, 5.74) is 0.187. The van der Waals surface area contributed by atoms with Gasteiger partial charge in [-0.25, -0.2) is 10.1 Å². The molecular formula is C6H8N2O5S. The van der Waals surface area contributed by atoms with Gasteiger partial charge in [-0.2, -0.15) is 8.42 Å². The molecule has 1 atom stereocenters. The summed E-state index contributed by atoms with van der Waals surface area (Å²) in [6.07, 6.45) is 3.70. The SMILES string of the molecule is CC1=CC=CN([N+](=O)[O-])C1S(=O)(=O)O. The fourth-order valence-corrected chi connectivity index (χ4v) is 2.13. The molecule has 0 fully saturated rings. The van der Waals surface area contributed by atoms with E-state index in [1.807, 2.05) is 0 Å². The molecule has 1 N–H and O–H groups in total. The summed E-state index contributed by atoms with van der Waals surface area (Å²) in [5, 5.41) is 8.24. The maximum absolute atomic E-state index is 10.8. The van der Waals surface area contributed by atoms with Crippen LogP contribution in [0.4, 0.5) is 0 Å².